The number of fused-ring (bicyclic) bond motifs is 3. The third-order valence-electron chi connectivity index (χ3n) is 4.85. The molecule has 0 N–H and O–H groups in total. The van der Waals surface area contributed by atoms with Gasteiger partial charge in [-0.3, -0.25) is 0 Å². The van der Waals surface area contributed by atoms with Gasteiger partial charge in [0.15, 0.2) is 0 Å². The highest BCUT2D eigenvalue weighted by molar-refractivity contribution is 5.28. The second-order valence-electron chi connectivity index (χ2n) is 5.69. The molecule has 3 aliphatic heterocycles. The molecule has 4 rings (SSSR count). The van der Waals surface area contributed by atoms with Crippen molar-refractivity contribution in [3.05, 3.63) is 23.5 Å². The minimum absolute atomic E-state index is 0.116. The molecule has 3 fully saturated rings. The average Bonchev–Trinajstić information content (AvgIpc) is 2.47. The molecule has 2 bridgehead atoms. The first-order chi connectivity index (χ1) is 8.81. The Labute approximate surface area is 109 Å². The highest BCUT2D eigenvalue weighted by Gasteiger charge is 2.37. The van der Waals surface area contributed by atoms with Crippen LogP contribution < -0.4 is 0 Å². The van der Waals surface area contributed by atoms with Gasteiger partial charge in [0.2, 0.25) is 0 Å². The molecule has 0 amide bonds. The van der Waals surface area contributed by atoms with E-state index in [0.29, 0.717) is 0 Å². The molecule has 0 aromatic rings. The molecule has 0 spiro atoms. The van der Waals surface area contributed by atoms with Crippen molar-refractivity contribution in [2.75, 3.05) is 33.9 Å². The summed E-state index contributed by atoms with van der Waals surface area (Å²) in [5, 5.41) is 0. The monoisotopic (exact) mass is 249 g/mol. The Hall–Kier alpha value is -0.800. The summed E-state index contributed by atoms with van der Waals surface area (Å²) in [7, 11) is 3.50. The lowest BCUT2D eigenvalue weighted by Gasteiger charge is -2.46. The van der Waals surface area contributed by atoms with E-state index in [4.69, 9.17) is 9.47 Å². The van der Waals surface area contributed by atoms with E-state index in [1.807, 2.05) is 0 Å². The van der Waals surface area contributed by atoms with Gasteiger partial charge >= 0.3 is 0 Å². The molecule has 2 atom stereocenters. The summed E-state index contributed by atoms with van der Waals surface area (Å²) in [6.07, 6.45) is 8.25. The smallest absolute Gasteiger partial charge is 0.125 e. The molecule has 0 radical (unpaired) electrons. The van der Waals surface area contributed by atoms with Gasteiger partial charge in [-0.25, -0.2) is 0 Å². The second kappa shape index (κ2) is 5.06. The minimum atomic E-state index is 0.116. The molecule has 3 nitrogen and oxygen atoms in total. The molecule has 4 aliphatic rings. The lowest BCUT2D eigenvalue weighted by Crippen LogP contribution is -2.48. The quantitative estimate of drug-likeness (QED) is 0.765. The zero-order chi connectivity index (χ0) is 12.5. The predicted octanol–water partition coefficient (Wildman–Crippen LogP) is 2.20. The fourth-order valence-electron chi connectivity index (χ4n) is 3.74. The number of hydrogen-bond acceptors (Lipinski definition) is 3. The van der Waals surface area contributed by atoms with Crippen LogP contribution in [0.3, 0.4) is 0 Å². The Kier molecular flexibility index (Phi) is 3.44. The molecule has 3 heterocycles. The summed E-state index contributed by atoms with van der Waals surface area (Å²) < 4.78 is 10.9. The van der Waals surface area contributed by atoms with Crippen molar-refractivity contribution in [3.8, 4) is 0 Å². The molecule has 100 valence electrons. The van der Waals surface area contributed by atoms with E-state index in [-0.39, 0.29) is 6.10 Å². The van der Waals surface area contributed by atoms with Crippen molar-refractivity contribution in [1.29, 1.82) is 0 Å². The van der Waals surface area contributed by atoms with Crippen molar-refractivity contribution in [3.63, 3.8) is 0 Å². The maximum absolute atomic E-state index is 5.55. The average molecular weight is 249 g/mol. The van der Waals surface area contributed by atoms with E-state index in [0.717, 1.165) is 24.0 Å². The molecule has 0 aromatic heterocycles. The fourth-order valence-corrected chi connectivity index (χ4v) is 3.74. The van der Waals surface area contributed by atoms with Crippen LogP contribution in [0, 0.1) is 11.8 Å². The summed E-state index contributed by atoms with van der Waals surface area (Å²) in [4.78, 5) is 2.61. The van der Waals surface area contributed by atoms with Crippen LogP contribution >= 0.6 is 0 Å². The first-order valence-corrected chi connectivity index (χ1v) is 7.01. The van der Waals surface area contributed by atoms with Crippen LogP contribution in [0.5, 0.6) is 0 Å². The van der Waals surface area contributed by atoms with Crippen molar-refractivity contribution in [1.82, 2.24) is 4.90 Å². The SMILES string of the molecule is COC1=CC=C(C2CN3CCC2CC3)CC1OC. The summed E-state index contributed by atoms with van der Waals surface area (Å²) in [6.45, 7) is 3.87. The maximum atomic E-state index is 5.55. The first kappa shape index (κ1) is 12.2. The van der Waals surface area contributed by atoms with Crippen LogP contribution in [0.25, 0.3) is 0 Å². The highest BCUT2D eigenvalue weighted by atomic mass is 16.5. The summed E-state index contributed by atoms with van der Waals surface area (Å²) >= 11 is 0. The van der Waals surface area contributed by atoms with E-state index in [1.54, 1.807) is 19.8 Å². The van der Waals surface area contributed by atoms with E-state index < -0.39 is 0 Å². The molecule has 1 aliphatic carbocycles. The van der Waals surface area contributed by atoms with Crippen LogP contribution in [0.4, 0.5) is 0 Å². The van der Waals surface area contributed by atoms with E-state index in [9.17, 15) is 0 Å². The third-order valence-corrected chi connectivity index (χ3v) is 4.85. The molecular weight excluding hydrogens is 226 g/mol. The van der Waals surface area contributed by atoms with Gasteiger partial charge in [0.25, 0.3) is 0 Å². The Balaban J connectivity index is 1.77. The number of nitrogens with zero attached hydrogens (tertiary/aromatic N) is 1. The van der Waals surface area contributed by atoms with Crippen LogP contribution in [0.2, 0.25) is 0 Å². The first-order valence-electron chi connectivity index (χ1n) is 7.01. The maximum Gasteiger partial charge on any atom is 0.125 e. The van der Waals surface area contributed by atoms with Gasteiger partial charge in [0.1, 0.15) is 11.9 Å². The lowest BCUT2D eigenvalue weighted by molar-refractivity contribution is 0.0495. The van der Waals surface area contributed by atoms with Crippen LogP contribution in [0.1, 0.15) is 19.3 Å². The summed E-state index contributed by atoms with van der Waals surface area (Å²) in [5.74, 6) is 2.61. The van der Waals surface area contributed by atoms with Gasteiger partial charge in [0.05, 0.1) is 7.11 Å². The predicted molar refractivity (Wildman–Crippen MR) is 71.2 cm³/mol. The topological polar surface area (TPSA) is 21.7 Å². The Morgan fingerprint density at radius 1 is 1.17 bits per heavy atom. The fraction of sp³-hybridized carbons (Fsp3) is 0.733. The van der Waals surface area contributed by atoms with E-state index in [1.165, 1.54) is 32.5 Å². The van der Waals surface area contributed by atoms with Crippen molar-refractivity contribution < 1.29 is 9.47 Å². The normalized spacial score (nSPS) is 39.2. The van der Waals surface area contributed by atoms with E-state index in [2.05, 4.69) is 17.1 Å². The van der Waals surface area contributed by atoms with Gasteiger partial charge < -0.3 is 14.4 Å². The van der Waals surface area contributed by atoms with Gasteiger partial charge in [-0.2, -0.15) is 0 Å². The number of ether oxygens (including phenoxy) is 2. The Bertz CT molecular complexity index is 367. The van der Waals surface area contributed by atoms with Gasteiger partial charge in [-0.1, -0.05) is 11.6 Å². The Morgan fingerprint density at radius 2 is 1.94 bits per heavy atom. The van der Waals surface area contributed by atoms with E-state index >= 15 is 0 Å². The molecule has 0 aromatic carbocycles. The number of methoxy groups -OCH3 is 2. The van der Waals surface area contributed by atoms with Crippen molar-refractivity contribution in [2.45, 2.75) is 25.4 Å². The van der Waals surface area contributed by atoms with Gasteiger partial charge in [-0.05, 0) is 43.8 Å². The third kappa shape index (κ3) is 2.10. The zero-order valence-corrected chi connectivity index (χ0v) is 11.4. The van der Waals surface area contributed by atoms with Gasteiger partial charge in [-0.15, -0.1) is 0 Å². The number of allylic oxidation sites excluding steroid dienone is 2. The number of piperidine rings is 3. The molecule has 3 saturated heterocycles. The lowest BCUT2D eigenvalue weighted by atomic mass is 9.73. The van der Waals surface area contributed by atoms with Crippen molar-refractivity contribution >= 4 is 0 Å². The van der Waals surface area contributed by atoms with Gasteiger partial charge in [0, 0.05) is 20.1 Å². The standard InChI is InChI=1S/C15H23NO2/c1-17-14-4-3-12(9-15(14)18-2)13-10-16-7-5-11(13)6-8-16/h3-4,11,13,15H,5-10H2,1-2H3. The largest absolute Gasteiger partial charge is 0.498 e. The second-order valence-corrected chi connectivity index (χ2v) is 5.69. The van der Waals surface area contributed by atoms with Crippen LogP contribution in [-0.2, 0) is 9.47 Å². The van der Waals surface area contributed by atoms with Crippen LogP contribution in [-0.4, -0.2) is 44.9 Å². The summed E-state index contributed by atoms with van der Waals surface area (Å²) in [5.41, 5.74) is 1.57. The van der Waals surface area contributed by atoms with Crippen molar-refractivity contribution in [2.24, 2.45) is 11.8 Å². The number of hydrogen-bond donors (Lipinski definition) is 0. The van der Waals surface area contributed by atoms with Crippen LogP contribution in [0.15, 0.2) is 23.5 Å². The Morgan fingerprint density at radius 3 is 2.50 bits per heavy atom. The molecular formula is C15H23NO2. The minimum Gasteiger partial charge on any atom is -0.498 e. The zero-order valence-electron chi connectivity index (χ0n) is 11.4. The molecule has 18 heavy (non-hydrogen) atoms. The highest BCUT2D eigenvalue weighted by Crippen LogP contribution is 2.39. The number of rotatable bonds is 3. The summed E-state index contributed by atoms with van der Waals surface area (Å²) in [6, 6.07) is 0. The molecule has 0 saturated carbocycles. The molecule has 3 heteroatoms. The molecule has 2 unspecified atom stereocenters.